The van der Waals surface area contributed by atoms with Crippen molar-refractivity contribution in [3.05, 3.63) is 23.3 Å². The van der Waals surface area contributed by atoms with Gasteiger partial charge in [0, 0.05) is 12.2 Å². The summed E-state index contributed by atoms with van der Waals surface area (Å²) in [6, 6.07) is 0. The van der Waals surface area contributed by atoms with Crippen LogP contribution in [0.1, 0.15) is 37.2 Å². The third kappa shape index (κ3) is 2.84. The molecule has 2 aromatic rings. The Hall–Kier alpha value is -2.11. The zero-order valence-corrected chi connectivity index (χ0v) is 13.4. The zero-order valence-electron chi connectivity index (χ0n) is 13.4. The van der Waals surface area contributed by atoms with Crippen LogP contribution in [0.4, 0.5) is 5.82 Å². The van der Waals surface area contributed by atoms with Gasteiger partial charge in [0.2, 0.25) is 11.6 Å². The van der Waals surface area contributed by atoms with E-state index in [1.54, 1.807) is 7.11 Å². The summed E-state index contributed by atoms with van der Waals surface area (Å²) in [7, 11) is 1.63. The lowest BCUT2D eigenvalue weighted by Crippen LogP contribution is -2.10. The van der Waals surface area contributed by atoms with Gasteiger partial charge in [-0.3, -0.25) is 0 Å². The lowest BCUT2D eigenvalue weighted by molar-refractivity contribution is 0.408. The van der Waals surface area contributed by atoms with Crippen molar-refractivity contribution < 1.29 is 4.74 Å². The summed E-state index contributed by atoms with van der Waals surface area (Å²) < 4.78 is 7.36. The number of aromatic nitrogens is 4. The minimum absolute atomic E-state index is 0.624. The van der Waals surface area contributed by atoms with E-state index >= 15 is 0 Å². The van der Waals surface area contributed by atoms with Crippen LogP contribution in [-0.2, 0) is 6.42 Å². The van der Waals surface area contributed by atoms with Gasteiger partial charge in [-0.25, -0.2) is 14.6 Å². The Kier molecular flexibility index (Phi) is 4.77. The number of ether oxygens (including phenoxy) is 1. The fourth-order valence-corrected chi connectivity index (χ4v) is 2.47. The van der Waals surface area contributed by atoms with Crippen molar-refractivity contribution in [3.63, 3.8) is 0 Å². The highest BCUT2D eigenvalue weighted by atomic mass is 16.5. The van der Waals surface area contributed by atoms with Crippen LogP contribution in [0, 0.1) is 13.8 Å². The predicted octanol–water partition coefficient (Wildman–Crippen LogP) is 2.67. The van der Waals surface area contributed by atoms with Crippen LogP contribution in [0.3, 0.4) is 0 Å². The predicted molar refractivity (Wildman–Crippen MR) is 83.3 cm³/mol. The Morgan fingerprint density at radius 1 is 1.24 bits per heavy atom. The highest BCUT2D eigenvalue weighted by Crippen LogP contribution is 2.29. The molecule has 6 heteroatoms. The van der Waals surface area contributed by atoms with E-state index < -0.39 is 0 Å². The molecule has 2 heterocycles. The quantitative estimate of drug-likeness (QED) is 0.885. The number of hydrogen-bond acceptors (Lipinski definition) is 5. The van der Waals surface area contributed by atoms with E-state index in [-0.39, 0.29) is 0 Å². The summed E-state index contributed by atoms with van der Waals surface area (Å²) in [4.78, 5) is 8.63. The van der Waals surface area contributed by atoms with Crippen molar-refractivity contribution in [2.45, 2.75) is 40.5 Å². The molecule has 2 aromatic heterocycles. The Labute approximate surface area is 125 Å². The minimum atomic E-state index is 0.624. The maximum Gasteiger partial charge on any atom is 0.206 e. The fraction of sp³-hybridized carbons (Fsp3) is 0.533. The molecule has 0 bridgehead atoms. The molecule has 0 aliphatic heterocycles. The number of rotatable bonds is 6. The number of nitrogens with zero attached hydrogens (tertiary/aromatic N) is 4. The monoisotopic (exact) mass is 289 g/mol. The summed E-state index contributed by atoms with van der Waals surface area (Å²) in [6.07, 6.45) is 3.51. The van der Waals surface area contributed by atoms with E-state index in [9.17, 15) is 0 Å². The molecule has 0 radical (unpaired) electrons. The average Bonchev–Trinajstić information content (AvgIpc) is 2.78. The van der Waals surface area contributed by atoms with Gasteiger partial charge < -0.3 is 10.1 Å². The molecule has 0 aliphatic rings. The smallest absolute Gasteiger partial charge is 0.206 e. The lowest BCUT2D eigenvalue weighted by Gasteiger charge is -2.13. The van der Waals surface area contributed by atoms with Crippen LogP contribution in [0.2, 0.25) is 0 Å². The van der Waals surface area contributed by atoms with Crippen molar-refractivity contribution >= 4 is 5.82 Å². The molecule has 0 saturated heterocycles. The maximum atomic E-state index is 5.52. The molecule has 2 rings (SSSR count). The molecule has 114 valence electrons. The molecular weight excluding hydrogens is 266 g/mol. The van der Waals surface area contributed by atoms with E-state index in [4.69, 9.17) is 4.74 Å². The van der Waals surface area contributed by atoms with Gasteiger partial charge in [-0.2, -0.15) is 5.10 Å². The van der Waals surface area contributed by atoms with E-state index in [1.165, 1.54) is 11.9 Å². The van der Waals surface area contributed by atoms with Gasteiger partial charge in [-0.1, -0.05) is 13.8 Å². The number of aryl methyl sites for hydroxylation is 1. The molecule has 6 nitrogen and oxygen atoms in total. The van der Waals surface area contributed by atoms with Crippen LogP contribution in [0.15, 0.2) is 6.33 Å². The third-order valence-corrected chi connectivity index (χ3v) is 3.53. The van der Waals surface area contributed by atoms with Gasteiger partial charge in [0.15, 0.2) is 5.82 Å². The topological polar surface area (TPSA) is 64.9 Å². The summed E-state index contributed by atoms with van der Waals surface area (Å²) in [5.41, 5.74) is 3.37. The standard InChI is InChI=1S/C15H23N5O/c1-6-8-16-14-13(21-5)15(18-9-17-14)20-11(4)12(7-2)10(3)19-20/h9H,6-8H2,1-5H3,(H,16,17,18). The Morgan fingerprint density at radius 2 is 2.00 bits per heavy atom. The minimum Gasteiger partial charge on any atom is -0.490 e. The van der Waals surface area contributed by atoms with Gasteiger partial charge in [0.05, 0.1) is 12.8 Å². The first-order valence-electron chi connectivity index (χ1n) is 7.32. The van der Waals surface area contributed by atoms with E-state index in [0.29, 0.717) is 17.4 Å². The molecule has 0 atom stereocenters. The summed E-state index contributed by atoms with van der Waals surface area (Å²) in [6.45, 7) is 9.15. The first-order valence-corrected chi connectivity index (χ1v) is 7.32. The summed E-state index contributed by atoms with van der Waals surface area (Å²) >= 11 is 0. The molecule has 0 unspecified atom stereocenters. The fourth-order valence-electron chi connectivity index (χ4n) is 2.47. The first kappa shape index (κ1) is 15.3. The van der Waals surface area contributed by atoms with Crippen molar-refractivity contribution in [1.82, 2.24) is 19.7 Å². The largest absolute Gasteiger partial charge is 0.490 e. The first-order chi connectivity index (χ1) is 10.1. The van der Waals surface area contributed by atoms with Crippen molar-refractivity contribution in [1.29, 1.82) is 0 Å². The summed E-state index contributed by atoms with van der Waals surface area (Å²) in [5, 5.41) is 7.86. The second kappa shape index (κ2) is 6.56. The Bertz CT molecular complexity index is 621. The third-order valence-electron chi connectivity index (χ3n) is 3.53. The normalized spacial score (nSPS) is 10.7. The molecule has 0 aliphatic carbocycles. The molecule has 0 spiro atoms. The van der Waals surface area contributed by atoms with Crippen LogP contribution in [0.25, 0.3) is 5.82 Å². The summed E-state index contributed by atoms with van der Waals surface area (Å²) in [5.74, 6) is 2.00. The van der Waals surface area contributed by atoms with Crippen LogP contribution < -0.4 is 10.1 Å². The van der Waals surface area contributed by atoms with Crippen LogP contribution >= 0.6 is 0 Å². The van der Waals surface area contributed by atoms with E-state index in [1.807, 2.05) is 11.6 Å². The van der Waals surface area contributed by atoms with E-state index in [2.05, 4.69) is 41.2 Å². The van der Waals surface area contributed by atoms with Gasteiger partial charge in [-0.15, -0.1) is 0 Å². The highest BCUT2D eigenvalue weighted by molar-refractivity contribution is 5.58. The van der Waals surface area contributed by atoms with Crippen LogP contribution in [0.5, 0.6) is 5.75 Å². The SMILES string of the molecule is CCCNc1ncnc(-n2nc(C)c(CC)c2C)c1OC. The number of nitrogens with one attached hydrogen (secondary N) is 1. The average molecular weight is 289 g/mol. The van der Waals surface area contributed by atoms with E-state index in [0.717, 1.165) is 30.8 Å². The van der Waals surface area contributed by atoms with Gasteiger partial charge in [0.25, 0.3) is 0 Å². The molecule has 0 saturated carbocycles. The van der Waals surface area contributed by atoms with Crippen molar-refractivity contribution in [2.24, 2.45) is 0 Å². The second-order valence-electron chi connectivity index (χ2n) is 4.92. The highest BCUT2D eigenvalue weighted by Gasteiger charge is 2.18. The number of anilines is 1. The van der Waals surface area contributed by atoms with Crippen molar-refractivity contribution in [2.75, 3.05) is 19.0 Å². The zero-order chi connectivity index (χ0) is 15.4. The van der Waals surface area contributed by atoms with Crippen molar-refractivity contribution in [3.8, 4) is 11.6 Å². The molecule has 1 N–H and O–H groups in total. The molecule has 0 aromatic carbocycles. The molecular formula is C15H23N5O. The van der Waals surface area contributed by atoms with Gasteiger partial charge >= 0.3 is 0 Å². The Balaban J connectivity index is 2.53. The van der Waals surface area contributed by atoms with Gasteiger partial charge in [-0.05, 0) is 32.3 Å². The van der Waals surface area contributed by atoms with Gasteiger partial charge in [0.1, 0.15) is 6.33 Å². The number of methoxy groups -OCH3 is 1. The molecule has 21 heavy (non-hydrogen) atoms. The lowest BCUT2D eigenvalue weighted by atomic mass is 10.1. The maximum absolute atomic E-state index is 5.52. The number of hydrogen-bond donors (Lipinski definition) is 1. The molecule has 0 fully saturated rings. The Morgan fingerprint density at radius 3 is 2.57 bits per heavy atom. The van der Waals surface area contributed by atoms with Crippen LogP contribution in [-0.4, -0.2) is 33.4 Å². The molecule has 0 amide bonds. The second-order valence-corrected chi connectivity index (χ2v) is 4.92.